The molecule has 0 saturated carbocycles. The molecule has 0 bridgehead atoms. The second kappa shape index (κ2) is 9.33. The zero-order valence-electron chi connectivity index (χ0n) is 17.1. The van der Waals surface area contributed by atoms with Gasteiger partial charge in [0.15, 0.2) is 5.13 Å². The Labute approximate surface area is 196 Å². The Morgan fingerprint density at radius 1 is 1.25 bits per heavy atom. The molecule has 2 unspecified atom stereocenters. The van der Waals surface area contributed by atoms with E-state index in [1.807, 2.05) is 6.07 Å². The van der Waals surface area contributed by atoms with Crippen molar-refractivity contribution in [2.75, 3.05) is 11.9 Å². The monoisotopic (exact) mass is 518 g/mol. The molecule has 3 amide bonds. The number of carbonyl (C=O) groups excluding carboxylic acids is 3. The number of nitrogens with one attached hydrogen (secondary N) is 2. The Balaban J connectivity index is 1.54. The summed E-state index contributed by atoms with van der Waals surface area (Å²) in [4.78, 5) is 44.0. The van der Waals surface area contributed by atoms with E-state index in [2.05, 4.69) is 31.5 Å². The van der Waals surface area contributed by atoms with E-state index in [9.17, 15) is 18.8 Å². The van der Waals surface area contributed by atoms with Gasteiger partial charge in [0, 0.05) is 17.9 Å². The summed E-state index contributed by atoms with van der Waals surface area (Å²) in [6, 6.07) is 10.1. The molecule has 7 nitrogen and oxygen atoms in total. The van der Waals surface area contributed by atoms with Crippen molar-refractivity contribution in [1.82, 2.24) is 15.2 Å². The van der Waals surface area contributed by atoms with Gasteiger partial charge in [0.25, 0.3) is 0 Å². The van der Waals surface area contributed by atoms with Crippen molar-refractivity contribution in [2.45, 2.75) is 31.8 Å². The van der Waals surface area contributed by atoms with E-state index in [0.29, 0.717) is 44.8 Å². The minimum atomic E-state index is -0.872. The van der Waals surface area contributed by atoms with Crippen LogP contribution in [0, 0.1) is 5.82 Å². The predicted octanol–water partition coefficient (Wildman–Crippen LogP) is 4.00. The van der Waals surface area contributed by atoms with Crippen LogP contribution in [-0.2, 0) is 14.4 Å². The van der Waals surface area contributed by atoms with Crippen molar-refractivity contribution in [2.24, 2.45) is 0 Å². The highest BCUT2D eigenvalue weighted by Crippen LogP contribution is 2.33. The molecule has 2 aromatic carbocycles. The number of likely N-dealkylation sites (tertiary alicyclic amines) is 1. The van der Waals surface area contributed by atoms with Gasteiger partial charge < -0.3 is 15.5 Å². The molecule has 0 aliphatic carbocycles. The van der Waals surface area contributed by atoms with Gasteiger partial charge in [-0.2, -0.15) is 0 Å². The highest BCUT2D eigenvalue weighted by atomic mass is 79.9. The standard InChI is InChI=1S/C22H20BrFN4O3S/c1-12(29)25-18(13-6-3-2-4-7-13)21(31)28-9-5-8-16(28)20(30)27-22-26-19-15(23)10-14(24)11-17(19)32-22/h2-4,6-7,10-11,16,18H,5,8-9H2,1H3,(H,25,29)(H,26,27,30). The molecule has 0 spiro atoms. The average Bonchev–Trinajstić information content (AvgIpc) is 3.39. The minimum absolute atomic E-state index is 0.331. The summed E-state index contributed by atoms with van der Waals surface area (Å²) in [5.41, 5.74) is 1.21. The molecule has 2 N–H and O–H groups in total. The van der Waals surface area contributed by atoms with Gasteiger partial charge in [0.2, 0.25) is 17.7 Å². The molecule has 1 aliphatic heterocycles. The molecule has 10 heteroatoms. The highest BCUT2D eigenvalue weighted by molar-refractivity contribution is 9.10. The van der Waals surface area contributed by atoms with Crippen LogP contribution in [0.3, 0.4) is 0 Å². The van der Waals surface area contributed by atoms with Crippen molar-refractivity contribution in [3.8, 4) is 0 Å². The normalized spacial score (nSPS) is 16.7. The van der Waals surface area contributed by atoms with E-state index in [0.717, 1.165) is 11.3 Å². The van der Waals surface area contributed by atoms with E-state index < -0.39 is 17.9 Å². The Hall–Kier alpha value is -2.85. The summed E-state index contributed by atoms with van der Waals surface area (Å²) in [6.45, 7) is 1.77. The lowest BCUT2D eigenvalue weighted by Gasteiger charge is -2.28. The van der Waals surface area contributed by atoms with Crippen LogP contribution in [0.5, 0.6) is 0 Å². The summed E-state index contributed by atoms with van der Waals surface area (Å²) < 4.78 is 14.7. The number of amides is 3. The summed E-state index contributed by atoms with van der Waals surface area (Å²) in [5, 5.41) is 5.80. The maximum atomic E-state index is 13.6. The van der Waals surface area contributed by atoms with Gasteiger partial charge in [-0.1, -0.05) is 41.7 Å². The largest absolute Gasteiger partial charge is 0.341 e. The van der Waals surface area contributed by atoms with Crippen molar-refractivity contribution < 1.29 is 18.8 Å². The van der Waals surface area contributed by atoms with Crippen LogP contribution in [0.1, 0.15) is 31.4 Å². The Morgan fingerprint density at radius 2 is 2.00 bits per heavy atom. The van der Waals surface area contributed by atoms with Gasteiger partial charge in [-0.25, -0.2) is 9.37 Å². The van der Waals surface area contributed by atoms with Crippen molar-refractivity contribution in [1.29, 1.82) is 0 Å². The lowest BCUT2D eigenvalue weighted by Crippen LogP contribution is -2.48. The molecule has 166 valence electrons. The van der Waals surface area contributed by atoms with Gasteiger partial charge in [-0.05, 0) is 46.5 Å². The molecule has 32 heavy (non-hydrogen) atoms. The Morgan fingerprint density at radius 3 is 2.72 bits per heavy atom. The number of halogens is 2. The summed E-state index contributed by atoms with van der Waals surface area (Å²) in [7, 11) is 0. The van der Waals surface area contributed by atoms with E-state index in [1.54, 1.807) is 24.3 Å². The minimum Gasteiger partial charge on any atom is -0.341 e. The smallest absolute Gasteiger partial charge is 0.250 e. The first kappa shape index (κ1) is 22.3. The second-order valence-electron chi connectivity index (χ2n) is 7.48. The molecule has 2 heterocycles. The zero-order chi connectivity index (χ0) is 22.8. The number of hydrogen-bond acceptors (Lipinski definition) is 5. The van der Waals surface area contributed by atoms with Crippen molar-refractivity contribution >= 4 is 60.3 Å². The number of anilines is 1. The first-order valence-electron chi connectivity index (χ1n) is 10.0. The third-order valence-corrected chi connectivity index (χ3v) is 6.73. The number of thiazole rings is 1. The van der Waals surface area contributed by atoms with Crippen LogP contribution in [-0.4, -0.2) is 40.2 Å². The van der Waals surface area contributed by atoms with Crippen LogP contribution in [0.25, 0.3) is 10.2 Å². The number of nitrogens with zero attached hydrogens (tertiary/aromatic N) is 2. The molecule has 1 aromatic heterocycles. The molecular formula is C22H20BrFN4O3S. The van der Waals surface area contributed by atoms with E-state index in [-0.39, 0.29) is 17.7 Å². The van der Waals surface area contributed by atoms with Gasteiger partial charge in [-0.15, -0.1) is 0 Å². The zero-order valence-corrected chi connectivity index (χ0v) is 19.5. The Kier molecular flexibility index (Phi) is 6.52. The maximum Gasteiger partial charge on any atom is 0.250 e. The lowest BCUT2D eigenvalue weighted by molar-refractivity contribution is -0.140. The number of fused-ring (bicyclic) bond motifs is 1. The number of benzene rings is 2. The molecule has 1 saturated heterocycles. The number of aromatic nitrogens is 1. The number of hydrogen-bond donors (Lipinski definition) is 2. The van der Waals surface area contributed by atoms with Crippen LogP contribution in [0.15, 0.2) is 46.9 Å². The summed E-state index contributed by atoms with van der Waals surface area (Å²) in [5.74, 6) is -1.43. The van der Waals surface area contributed by atoms with Gasteiger partial charge >= 0.3 is 0 Å². The molecular weight excluding hydrogens is 499 g/mol. The molecule has 0 radical (unpaired) electrons. The number of carbonyl (C=O) groups is 3. The molecule has 2 atom stereocenters. The molecule has 3 aromatic rings. The predicted molar refractivity (Wildman–Crippen MR) is 124 cm³/mol. The van der Waals surface area contributed by atoms with E-state index in [1.165, 1.54) is 24.0 Å². The molecule has 1 aliphatic rings. The highest BCUT2D eigenvalue weighted by Gasteiger charge is 2.38. The fourth-order valence-electron chi connectivity index (χ4n) is 3.80. The van der Waals surface area contributed by atoms with Crippen molar-refractivity contribution in [3.63, 3.8) is 0 Å². The first-order valence-corrected chi connectivity index (χ1v) is 11.6. The molecule has 1 fully saturated rings. The van der Waals surface area contributed by atoms with Gasteiger partial charge in [0.1, 0.15) is 17.9 Å². The number of rotatable bonds is 5. The topological polar surface area (TPSA) is 91.4 Å². The second-order valence-corrected chi connectivity index (χ2v) is 9.36. The maximum absolute atomic E-state index is 13.6. The van der Waals surface area contributed by atoms with Gasteiger partial charge in [0.05, 0.1) is 10.2 Å². The van der Waals surface area contributed by atoms with Gasteiger partial charge in [-0.3, -0.25) is 14.4 Å². The van der Waals surface area contributed by atoms with E-state index in [4.69, 9.17) is 0 Å². The van der Waals surface area contributed by atoms with Crippen LogP contribution >= 0.6 is 27.3 Å². The third-order valence-electron chi connectivity index (χ3n) is 5.21. The van der Waals surface area contributed by atoms with Crippen LogP contribution in [0.2, 0.25) is 0 Å². The molecule has 4 rings (SSSR count). The fraction of sp³-hybridized carbons (Fsp3) is 0.273. The van der Waals surface area contributed by atoms with Crippen LogP contribution in [0.4, 0.5) is 9.52 Å². The van der Waals surface area contributed by atoms with E-state index >= 15 is 0 Å². The van der Waals surface area contributed by atoms with Crippen LogP contribution < -0.4 is 10.6 Å². The van der Waals surface area contributed by atoms with Crippen molar-refractivity contribution in [3.05, 3.63) is 58.3 Å². The first-order chi connectivity index (χ1) is 15.3. The quantitative estimate of drug-likeness (QED) is 0.533. The summed E-state index contributed by atoms with van der Waals surface area (Å²) >= 11 is 4.44. The Bertz CT molecular complexity index is 1190. The lowest BCUT2D eigenvalue weighted by atomic mass is 10.0. The SMILES string of the molecule is CC(=O)NC(C(=O)N1CCCC1C(=O)Nc1nc2c(Br)cc(F)cc2s1)c1ccccc1. The third kappa shape index (κ3) is 4.66. The summed E-state index contributed by atoms with van der Waals surface area (Å²) in [6.07, 6.45) is 1.17. The average molecular weight is 519 g/mol. The fourth-order valence-corrected chi connectivity index (χ4v) is 5.38.